The number of hydrogen-bond donors (Lipinski definition) is 1. The number of nitrogens with zero attached hydrogens (tertiary/aromatic N) is 2. The van der Waals surface area contributed by atoms with Crippen molar-refractivity contribution < 1.29 is 9.59 Å². The highest BCUT2D eigenvalue weighted by molar-refractivity contribution is 7.12. The molecule has 126 valence electrons. The fraction of sp³-hybridized carbons (Fsp3) is 0.333. The van der Waals surface area contributed by atoms with E-state index in [4.69, 9.17) is 5.73 Å². The number of amides is 2. The van der Waals surface area contributed by atoms with E-state index in [-0.39, 0.29) is 11.8 Å². The van der Waals surface area contributed by atoms with Gasteiger partial charge in [-0.15, -0.1) is 11.3 Å². The molecule has 5 nitrogen and oxygen atoms in total. The van der Waals surface area contributed by atoms with Crippen LogP contribution in [0.5, 0.6) is 0 Å². The molecule has 0 unspecified atom stereocenters. The van der Waals surface area contributed by atoms with E-state index in [2.05, 4.69) is 0 Å². The van der Waals surface area contributed by atoms with Crippen LogP contribution in [0.15, 0.2) is 47.8 Å². The maximum Gasteiger partial charge on any atom is 0.263 e. The molecule has 0 saturated carbocycles. The summed E-state index contributed by atoms with van der Waals surface area (Å²) < 4.78 is 0. The molecule has 2 amide bonds. The average Bonchev–Trinajstić information content (AvgIpc) is 3.05. The van der Waals surface area contributed by atoms with Crippen molar-refractivity contribution in [2.75, 3.05) is 26.2 Å². The average molecular weight is 343 g/mol. The topological polar surface area (TPSA) is 66.6 Å². The molecule has 0 radical (unpaired) electrons. The third-order valence-corrected chi connectivity index (χ3v) is 5.11. The minimum absolute atomic E-state index is 0.0478. The summed E-state index contributed by atoms with van der Waals surface area (Å²) >= 11 is 1.45. The third kappa shape index (κ3) is 3.66. The third-order valence-electron chi connectivity index (χ3n) is 4.25. The molecule has 0 spiro atoms. The number of nitrogens with two attached hydrogens (primary N) is 1. The van der Waals surface area contributed by atoms with Crippen LogP contribution in [0.25, 0.3) is 0 Å². The van der Waals surface area contributed by atoms with Crippen molar-refractivity contribution in [3.63, 3.8) is 0 Å². The number of carbonyl (C=O) groups excluding carboxylic acids is 2. The summed E-state index contributed by atoms with van der Waals surface area (Å²) in [5.74, 6) is -0.0294. The fourth-order valence-corrected chi connectivity index (χ4v) is 3.59. The second-order valence-corrected chi connectivity index (χ2v) is 6.78. The quantitative estimate of drug-likeness (QED) is 0.928. The number of rotatable bonds is 3. The Bertz CT molecular complexity index is 688. The van der Waals surface area contributed by atoms with Crippen molar-refractivity contribution in [2.45, 2.75) is 12.5 Å². The van der Waals surface area contributed by atoms with Gasteiger partial charge < -0.3 is 15.5 Å². The second-order valence-electron chi connectivity index (χ2n) is 5.84. The molecule has 1 aliphatic rings. The summed E-state index contributed by atoms with van der Waals surface area (Å²) in [4.78, 5) is 29.5. The van der Waals surface area contributed by atoms with E-state index in [0.717, 1.165) is 16.9 Å². The van der Waals surface area contributed by atoms with Gasteiger partial charge in [-0.2, -0.15) is 0 Å². The molecule has 3 rings (SSSR count). The lowest BCUT2D eigenvalue weighted by molar-refractivity contribution is -0.132. The van der Waals surface area contributed by atoms with Crippen molar-refractivity contribution in [1.29, 1.82) is 0 Å². The lowest BCUT2D eigenvalue weighted by Crippen LogP contribution is -2.41. The molecular weight excluding hydrogens is 322 g/mol. The standard InChI is InChI=1S/C18H21N3O2S/c19-16(14-6-2-1-3-7-14)18(23)21-10-5-9-20(11-12-21)17(22)15-8-4-13-24-15/h1-4,6-8,13,16H,5,9-12,19H2/t16-/m0/s1. The molecule has 2 N–H and O–H groups in total. The van der Waals surface area contributed by atoms with E-state index in [9.17, 15) is 9.59 Å². The summed E-state index contributed by atoms with van der Waals surface area (Å²) in [5, 5.41) is 1.90. The SMILES string of the molecule is N[C@H](C(=O)N1CCCN(C(=O)c2cccs2)CC1)c1ccccc1. The van der Waals surface area contributed by atoms with Crippen LogP contribution in [0.3, 0.4) is 0 Å². The van der Waals surface area contributed by atoms with E-state index >= 15 is 0 Å². The maximum atomic E-state index is 12.7. The molecule has 1 aromatic heterocycles. The van der Waals surface area contributed by atoms with Crippen LogP contribution in [-0.4, -0.2) is 47.8 Å². The summed E-state index contributed by atoms with van der Waals surface area (Å²) in [6, 6.07) is 12.5. The first-order chi connectivity index (χ1) is 11.7. The molecule has 1 aromatic carbocycles. The van der Waals surface area contributed by atoms with E-state index in [1.807, 2.05) is 52.7 Å². The highest BCUT2D eigenvalue weighted by Gasteiger charge is 2.26. The molecule has 0 aliphatic carbocycles. The van der Waals surface area contributed by atoms with Crippen molar-refractivity contribution >= 4 is 23.2 Å². The first-order valence-electron chi connectivity index (χ1n) is 8.09. The van der Waals surface area contributed by atoms with Crippen molar-refractivity contribution in [3.8, 4) is 0 Å². The molecule has 0 bridgehead atoms. The Balaban J connectivity index is 1.63. The van der Waals surface area contributed by atoms with Crippen LogP contribution in [0.4, 0.5) is 0 Å². The minimum atomic E-state index is -0.647. The van der Waals surface area contributed by atoms with Crippen LogP contribution in [0, 0.1) is 0 Å². The Kier molecular flexibility index (Phi) is 5.27. The Morgan fingerprint density at radius 3 is 2.38 bits per heavy atom. The van der Waals surface area contributed by atoms with Crippen LogP contribution in [-0.2, 0) is 4.79 Å². The molecule has 2 aromatic rings. The fourth-order valence-electron chi connectivity index (χ4n) is 2.90. The first-order valence-corrected chi connectivity index (χ1v) is 8.97. The van der Waals surface area contributed by atoms with Crippen LogP contribution in [0.1, 0.15) is 27.7 Å². The molecule has 1 aliphatic heterocycles. The molecule has 2 heterocycles. The second kappa shape index (κ2) is 7.59. The van der Waals surface area contributed by atoms with Crippen LogP contribution >= 0.6 is 11.3 Å². The van der Waals surface area contributed by atoms with Crippen molar-refractivity contribution in [1.82, 2.24) is 9.80 Å². The van der Waals surface area contributed by atoms with E-state index < -0.39 is 6.04 Å². The Morgan fingerprint density at radius 2 is 1.67 bits per heavy atom. The molecule has 6 heteroatoms. The summed E-state index contributed by atoms with van der Waals surface area (Å²) in [6.07, 6.45) is 0.768. The van der Waals surface area contributed by atoms with Crippen molar-refractivity contribution in [3.05, 3.63) is 58.3 Å². The van der Waals surface area contributed by atoms with Gasteiger partial charge >= 0.3 is 0 Å². The van der Waals surface area contributed by atoms with Gasteiger partial charge in [0.1, 0.15) is 6.04 Å². The number of carbonyl (C=O) groups is 2. The number of hydrogen-bond acceptors (Lipinski definition) is 4. The lowest BCUT2D eigenvalue weighted by Gasteiger charge is -2.24. The monoisotopic (exact) mass is 343 g/mol. The Morgan fingerprint density at radius 1 is 0.958 bits per heavy atom. The molecule has 24 heavy (non-hydrogen) atoms. The largest absolute Gasteiger partial charge is 0.339 e. The predicted molar refractivity (Wildman–Crippen MR) is 94.8 cm³/mol. The van der Waals surface area contributed by atoms with E-state index in [1.165, 1.54) is 11.3 Å². The lowest BCUT2D eigenvalue weighted by atomic mass is 10.1. The number of thiophene rings is 1. The maximum absolute atomic E-state index is 12.7. The Labute approximate surface area is 145 Å². The summed E-state index contributed by atoms with van der Waals surface area (Å²) in [7, 11) is 0. The van der Waals surface area contributed by atoms with Gasteiger partial charge in [-0.25, -0.2) is 0 Å². The highest BCUT2D eigenvalue weighted by Crippen LogP contribution is 2.17. The molecule has 1 fully saturated rings. The summed E-state index contributed by atoms with van der Waals surface area (Å²) in [6.45, 7) is 2.37. The normalized spacial score (nSPS) is 16.5. The zero-order valence-corrected chi connectivity index (χ0v) is 14.2. The van der Waals surface area contributed by atoms with Crippen LogP contribution in [0.2, 0.25) is 0 Å². The molecule has 1 atom stereocenters. The first kappa shape index (κ1) is 16.7. The van der Waals surface area contributed by atoms with Gasteiger partial charge in [-0.1, -0.05) is 36.4 Å². The number of benzene rings is 1. The summed E-state index contributed by atoms with van der Waals surface area (Å²) in [5.41, 5.74) is 6.94. The predicted octanol–water partition coefficient (Wildman–Crippen LogP) is 2.12. The van der Waals surface area contributed by atoms with Crippen LogP contribution < -0.4 is 5.73 Å². The zero-order valence-electron chi connectivity index (χ0n) is 13.4. The minimum Gasteiger partial charge on any atom is -0.339 e. The van der Waals surface area contributed by atoms with Gasteiger partial charge in [0, 0.05) is 26.2 Å². The van der Waals surface area contributed by atoms with Gasteiger partial charge in [0.2, 0.25) is 5.91 Å². The van der Waals surface area contributed by atoms with E-state index in [1.54, 1.807) is 4.90 Å². The van der Waals surface area contributed by atoms with Gasteiger partial charge in [0.25, 0.3) is 5.91 Å². The van der Waals surface area contributed by atoms with Gasteiger partial charge in [-0.3, -0.25) is 9.59 Å². The van der Waals surface area contributed by atoms with Gasteiger partial charge in [0.05, 0.1) is 4.88 Å². The molecular formula is C18H21N3O2S. The van der Waals surface area contributed by atoms with E-state index in [0.29, 0.717) is 26.2 Å². The Hall–Kier alpha value is -2.18. The zero-order chi connectivity index (χ0) is 16.9. The molecule has 1 saturated heterocycles. The van der Waals surface area contributed by atoms with Crippen molar-refractivity contribution in [2.24, 2.45) is 5.73 Å². The highest BCUT2D eigenvalue weighted by atomic mass is 32.1. The smallest absolute Gasteiger partial charge is 0.263 e. The van der Waals surface area contributed by atoms with Gasteiger partial charge in [0.15, 0.2) is 0 Å². The van der Waals surface area contributed by atoms with Gasteiger partial charge in [-0.05, 0) is 23.4 Å².